The van der Waals surface area contributed by atoms with E-state index in [1.807, 2.05) is 6.92 Å². The predicted octanol–water partition coefficient (Wildman–Crippen LogP) is 1.59. The van der Waals surface area contributed by atoms with E-state index in [0.29, 0.717) is 11.3 Å². The van der Waals surface area contributed by atoms with Crippen molar-refractivity contribution in [2.45, 2.75) is 33.1 Å². The van der Waals surface area contributed by atoms with Crippen LogP contribution in [0.15, 0.2) is 10.9 Å². The molecule has 0 spiro atoms. The normalized spacial score (nSPS) is 24.4. The lowest BCUT2D eigenvalue weighted by Gasteiger charge is -2.02. The van der Waals surface area contributed by atoms with Gasteiger partial charge in [0.25, 0.3) is 5.56 Å². The van der Waals surface area contributed by atoms with E-state index in [2.05, 4.69) is 23.8 Å². The Morgan fingerprint density at radius 1 is 1.62 bits per heavy atom. The standard InChI is InChI=1S/C10H14N2O/c1-6-4-8(13)12-9(11-6)7-5-10(7,2)3/h4,7H,5H2,1-3H3,(H,11,12,13). The second-order valence-electron chi connectivity index (χ2n) is 4.52. The molecule has 1 aromatic heterocycles. The SMILES string of the molecule is Cc1cc(=O)[nH]c(C2CC2(C)C)n1. The van der Waals surface area contributed by atoms with Gasteiger partial charge in [-0.2, -0.15) is 0 Å². The second-order valence-corrected chi connectivity index (χ2v) is 4.52. The van der Waals surface area contributed by atoms with Crippen LogP contribution >= 0.6 is 0 Å². The zero-order valence-electron chi connectivity index (χ0n) is 8.22. The van der Waals surface area contributed by atoms with Crippen LogP contribution < -0.4 is 5.56 Å². The predicted molar refractivity (Wildman–Crippen MR) is 50.7 cm³/mol. The summed E-state index contributed by atoms with van der Waals surface area (Å²) in [7, 11) is 0. The van der Waals surface area contributed by atoms with Gasteiger partial charge in [0.1, 0.15) is 5.82 Å². The van der Waals surface area contributed by atoms with Crippen LogP contribution in [0, 0.1) is 12.3 Å². The average Bonchev–Trinajstić information content (AvgIpc) is 2.57. The van der Waals surface area contributed by atoms with Gasteiger partial charge in [-0.3, -0.25) is 4.79 Å². The first-order valence-electron chi connectivity index (χ1n) is 4.57. The molecule has 1 aliphatic carbocycles. The van der Waals surface area contributed by atoms with Gasteiger partial charge in [0.15, 0.2) is 0 Å². The molecule has 3 heteroatoms. The molecule has 1 heterocycles. The van der Waals surface area contributed by atoms with E-state index in [4.69, 9.17) is 0 Å². The van der Waals surface area contributed by atoms with E-state index in [9.17, 15) is 4.79 Å². The van der Waals surface area contributed by atoms with Crippen LogP contribution in [0.4, 0.5) is 0 Å². The lowest BCUT2D eigenvalue weighted by molar-refractivity contribution is 0.606. The highest BCUT2D eigenvalue weighted by molar-refractivity contribution is 5.16. The molecule has 1 aliphatic rings. The van der Waals surface area contributed by atoms with E-state index in [1.165, 1.54) is 6.07 Å². The van der Waals surface area contributed by atoms with Gasteiger partial charge in [-0.1, -0.05) is 13.8 Å². The summed E-state index contributed by atoms with van der Waals surface area (Å²) in [5.74, 6) is 1.30. The molecule has 13 heavy (non-hydrogen) atoms. The van der Waals surface area contributed by atoms with Crippen molar-refractivity contribution < 1.29 is 0 Å². The number of aromatic amines is 1. The molecule has 3 nitrogen and oxygen atoms in total. The minimum atomic E-state index is -0.0369. The van der Waals surface area contributed by atoms with Crippen molar-refractivity contribution >= 4 is 0 Å². The monoisotopic (exact) mass is 178 g/mol. The topological polar surface area (TPSA) is 45.8 Å². The van der Waals surface area contributed by atoms with Crippen molar-refractivity contribution in [3.8, 4) is 0 Å². The third-order valence-corrected chi connectivity index (χ3v) is 2.73. The highest BCUT2D eigenvalue weighted by Crippen LogP contribution is 2.57. The fourth-order valence-corrected chi connectivity index (χ4v) is 1.70. The van der Waals surface area contributed by atoms with Gasteiger partial charge in [0.2, 0.25) is 0 Å². The number of rotatable bonds is 1. The van der Waals surface area contributed by atoms with Crippen molar-refractivity contribution in [1.29, 1.82) is 0 Å². The van der Waals surface area contributed by atoms with Gasteiger partial charge in [-0.25, -0.2) is 4.98 Å². The van der Waals surface area contributed by atoms with Gasteiger partial charge >= 0.3 is 0 Å². The Balaban J connectivity index is 2.38. The quantitative estimate of drug-likeness (QED) is 0.709. The summed E-state index contributed by atoms with van der Waals surface area (Å²) in [6, 6.07) is 1.53. The zero-order valence-corrected chi connectivity index (χ0v) is 8.22. The van der Waals surface area contributed by atoms with Crippen LogP contribution in [0.2, 0.25) is 0 Å². The maximum atomic E-state index is 11.2. The van der Waals surface area contributed by atoms with Gasteiger partial charge in [-0.15, -0.1) is 0 Å². The van der Waals surface area contributed by atoms with Crippen LogP contribution in [-0.2, 0) is 0 Å². The number of nitrogens with one attached hydrogen (secondary N) is 1. The number of hydrogen-bond donors (Lipinski definition) is 1. The van der Waals surface area contributed by atoms with Crippen molar-refractivity contribution in [2.24, 2.45) is 5.41 Å². The summed E-state index contributed by atoms with van der Waals surface area (Å²) in [5, 5.41) is 0. The van der Waals surface area contributed by atoms with E-state index >= 15 is 0 Å². The zero-order chi connectivity index (χ0) is 9.64. The van der Waals surface area contributed by atoms with Crippen LogP contribution in [0.3, 0.4) is 0 Å². The smallest absolute Gasteiger partial charge is 0.251 e. The largest absolute Gasteiger partial charge is 0.310 e. The fraction of sp³-hybridized carbons (Fsp3) is 0.600. The molecule has 1 aromatic rings. The minimum Gasteiger partial charge on any atom is -0.310 e. The number of hydrogen-bond acceptors (Lipinski definition) is 2. The molecule has 1 unspecified atom stereocenters. The number of nitrogens with zero attached hydrogens (tertiary/aromatic N) is 1. The molecule has 1 atom stereocenters. The summed E-state index contributed by atoms with van der Waals surface area (Å²) in [4.78, 5) is 18.3. The maximum Gasteiger partial charge on any atom is 0.251 e. The molecule has 0 radical (unpaired) electrons. The third kappa shape index (κ3) is 1.50. The molecule has 0 saturated heterocycles. The first-order chi connectivity index (χ1) is 5.99. The van der Waals surface area contributed by atoms with E-state index in [1.54, 1.807) is 0 Å². The average molecular weight is 178 g/mol. The Labute approximate surface area is 77.2 Å². The Morgan fingerprint density at radius 3 is 2.69 bits per heavy atom. The Morgan fingerprint density at radius 2 is 2.23 bits per heavy atom. The van der Waals surface area contributed by atoms with Gasteiger partial charge < -0.3 is 4.98 Å². The van der Waals surface area contributed by atoms with E-state index in [-0.39, 0.29) is 5.56 Å². The Kier molecular flexibility index (Phi) is 1.59. The molecule has 0 aliphatic heterocycles. The van der Waals surface area contributed by atoms with Gasteiger partial charge in [-0.05, 0) is 18.8 Å². The van der Waals surface area contributed by atoms with Crippen molar-refractivity contribution in [3.63, 3.8) is 0 Å². The molecule has 0 amide bonds. The van der Waals surface area contributed by atoms with Crippen molar-refractivity contribution in [1.82, 2.24) is 9.97 Å². The van der Waals surface area contributed by atoms with Gasteiger partial charge in [0, 0.05) is 17.7 Å². The first-order valence-corrected chi connectivity index (χ1v) is 4.57. The summed E-state index contributed by atoms with van der Waals surface area (Å²) in [5.41, 5.74) is 1.09. The number of aromatic nitrogens is 2. The molecule has 2 rings (SSSR count). The molecule has 70 valence electrons. The summed E-state index contributed by atoms with van der Waals surface area (Å²) in [6.45, 7) is 6.24. The van der Waals surface area contributed by atoms with Crippen molar-refractivity contribution in [2.75, 3.05) is 0 Å². The summed E-state index contributed by atoms with van der Waals surface area (Å²) >= 11 is 0. The molecule has 1 N–H and O–H groups in total. The molecule has 0 aromatic carbocycles. The first kappa shape index (κ1) is 8.48. The molecule has 0 bridgehead atoms. The van der Waals surface area contributed by atoms with E-state index in [0.717, 1.165) is 17.9 Å². The molecule has 1 saturated carbocycles. The number of aryl methyl sites for hydroxylation is 1. The van der Waals surface area contributed by atoms with E-state index < -0.39 is 0 Å². The van der Waals surface area contributed by atoms with Crippen LogP contribution in [0.5, 0.6) is 0 Å². The summed E-state index contributed by atoms with van der Waals surface area (Å²) in [6.07, 6.45) is 1.12. The van der Waals surface area contributed by atoms with Crippen LogP contribution in [-0.4, -0.2) is 9.97 Å². The van der Waals surface area contributed by atoms with Crippen LogP contribution in [0.1, 0.15) is 37.7 Å². The van der Waals surface area contributed by atoms with Gasteiger partial charge in [0.05, 0.1) is 0 Å². The summed E-state index contributed by atoms with van der Waals surface area (Å²) < 4.78 is 0. The third-order valence-electron chi connectivity index (χ3n) is 2.73. The maximum absolute atomic E-state index is 11.2. The highest BCUT2D eigenvalue weighted by atomic mass is 16.1. The second kappa shape index (κ2) is 2.44. The lowest BCUT2D eigenvalue weighted by atomic mass is 10.1. The molecule has 1 fully saturated rings. The molecular weight excluding hydrogens is 164 g/mol. The van der Waals surface area contributed by atoms with Crippen molar-refractivity contribution in [3.05, 3.63) is 27.9 Å². The highest BCUT2D eigenvalue weighted by Gasteiger charge is 2.48. The Hall–Kier alpha value is -1.12. The Bertz CT molecular complexity index is 392. The lowest BCUT2D eigenvalue weighted by Crippen LogP contribution is -2.11. The fourth-order valence-electron chi connectivity index (χ4n) is 1.70. The number of H-pyrrole nitrogens is 1. The molecular formula is C10H14N2O. The minimum absolute atomic E-state index is 0.0369. The van der Waals surface area contributed by atoms with Crippen LogP contribution in [0.25, 0.3) is 0 Å².